The lowest BCUT2D eigenvalue weighted by Crippen LogP contribution is -2.31. The zero-order valence-corrected chi connectivity index (χ0v) is 7.99. The maximum atomic E-state index is 10.5. The Balaban J connectivity index is 2.40. The second kappa shape index (κ2) is 4.45. The third-order valence-electron chi connectivity index (χ3n) is 2.66. The molecule has 0 saturated carbocycles. The van der Waals surface area contributed by atoms with E-state index in [4.69, 9.17) is 0 Å². The fourth-order valence-corrected chi connectivity index (χ4v) is 1.72. The highest BCUT2D eigenvalue weighted by molar-refractivity contribution is 5.46. The van der Waals surface area contributed by atoms with E-state index in [1.54, 1.807) is 4.90 Å². The first kappa shape index (κ1) is 9.52. The van der Waals surface area contributed by atoms with Gasteiger partial charge < -0.3 is 9.80 Å². The Labute approximate surface area is 74.3 Å². The van der Waals surface area contributed by atoms with Crippen LogP contribution in [0.4, 0.5) is 0 Å². The lowest BCUT2D eigenvalue weighted by Gasteiger charge is -2.22. The SMILES string of the molecule is CN1CCCC(N(C)C=O)CC1. The van der Waals surface area contributed by atoms with Crippen LogP contribution in [0.3, 0.4) is 0 Å². The van der Waals surface area contributed by atoms with E-state index in [-0.39, 0.29) is 0 Å². The molecule has 1 amide bonds. The van der Waals surface area contributed by atoms with Crippen molar-refractivity contribution in [2.45, 2.75) is 25.3 Å². The van der Waals surface area contributed by atoms with E-state index < -0.39 is 0 Å². The molecule has 1 fully saturated rings. The molecule has 3 heteroatoms. The highest BCUT2D eigenvalue weighted by Gasteiger charge is 2.17. The maximum Gasteiger partial charge on any atom is 0.209 e. The summed E-state index contributed by atoms with van der Waals surface area (Å²) in [5.74, 6) is 0. The molecule has 12 heavy (non-hydrogen) atoms. The molecule has 1 aliphatic heterocycles. The van der Waals surface area contributed by atoms with Crippen molar-refractivity contribution in [3.8, 4) is 0 Å². The number of carbonyl (C=O) groups is 1. The minimum atomic E-state index is 0.465. The molecule has 1 saturated heterocycles. The van der Waals surface area contributed by atoms with Gasteiger partial charge in [0.1, 0.15) is 0 Å². The average Bonchev–Trinajstić information content (AvgIpc) is 2.29. The van der Waals surface area contributed by atoms with Gasteiger partial charge >= 0.3 is 0 Å². The summed E-state index contributed by atoms with van der Waals surface area (Å²) in [5, 5.41) is 0. The number of likely N-dealkylation sites (tertiary alicyclic amines) is 1. The van der Waals surface area contributed by atoms with Crippen molar-refractivity contribution >= 4 is 6.41 Å². The molecular formula is C9H18N2O. The average molecular weight is 170 g/mol. The first-order valence-corrected chi connectivity index (χ1v) is 4.60. The van der Waals surface area contributed by atoms with Crippen LogP contribution >= 0.6 is 0 Å². The molecular weight excluding hydrogens is 152 g/mol. The monoisotopic (exact) mass is 170 g/mol. The molecule has 1 heterocycles. The molecule has 1 rings (SSSR count). The number of amides is 1. The van der Waals surface area contributed by atoms with E-state index in [9.17, 15) is 4.79 Å². The zero-order chi connectivity index (χ0) is 8.97. The molecule has 70 valence electrons. The molecule has 0 spiro atoms. The van der Waals surface area contributed by atoms with Gasteiger partial charge in [-0.3, -0.25) is 4.79 Å². The van der Waals surface area contributed by atoms with Crippen LogP contribution in [0, 0.1) is 0 Å². The smallest absolute Gasteiger partial charge is 0.209 e. The van der Waals surface area contributed by atoms with Crippen LogP contribution in [-0.2, 0) is 4.79 Å². The topological polar surface area (TPSA) is 23.6 Å². The number of rotatable bonds is 2. The largest absolute Gasteiger partial charge is 0.345 e. The van der Waals surface area contributed by atoms with E-state index in [1.165, 1.54) is 13.0 Å². The van der Waals surface area contributed by atoms with Crippen molar-refractivity contribution in [2.75, 3.05) is 27.2 Å². The van der Waals surface area contributed by atoms with Crippen LogP contribution in [0.5, 0.6) is 0 Å². The third-order valence-corrected chi connectivity index (χ3v) is 2.66. The lowest BCUT2D eigenvalue weighted by atomic mass is 10.1. The molecule has 3 nitrogen and oxygen atoms in total. The summed E-state index contributed by atoms with van der Waals surface area (Å²) in [4.78, 5) is 14.6. The van der Waals surface area contributed by atoms with E-state index in [0.29, 0.717) is 6.04 Å². The molecule has 0 aromatic heterocycles. The number of hydrogen-bond donors (Lipinski definition) is 0. The van der Waals surface area contributed by atoms with Crippen LogP contribution in [0.2, 0.25) is 0 Å². The normalized spacial score (nSPS) is 26.3. The van der Waals surface area contributed by atoms with Crippen LogP contribution in [0.25, 0.3) is 0 Å². The second-order valence-corrected chi connectivity index (χ2v) is 3.66. The Morgan fingerprint density at radius 3 is 2.83 bits per heavy atom. The summed E-state index contributed by atoms with van der Waals surface area (Å²) in [6.07, 6.45) is 4.42. The Morgan fingerprint density at radius 2 is 2.17 bits per heavy atom. The van der Waals surface area contributed by atoms with Crippen molar-refractivity contribution < 1.29 is 4.79 Å². The molecule has 1 unspecified atom stereocenters. The predicted octanol–water partition coefficient (Wildman–Crippen LogP) is 0.559. The first-order chi connectivity index (χ1) is 5.74. The van der Waals surface area contributed by atoms with Crippen LogP contribution in [0.15, 0.2) is 0 Å². The molecule has 0 N–H and O–H groups in total. The van der Waals surface area contributed by atoms with Gasteiger partial charge in [-0.05, 0) is 39.4 Å². The Kier molecular flexibility index (Phi) is 3.53. The summed E-state index contributed by atoms with van der Waals surface area (Å²) in [6.45, 7) is 2.28. The fraction of sp³-hybridized carbons (Fsp3) is 0.889. The fourth-order valence-electron chi connectivity index (χ4n) is 1.72. The molecule has 0 bridgehead atoms. The molecule has 0 aliphatic carbocycles. The van der Waals surface area contributed by atoms with E-state index in [2.05, 4.69) is 11.9 Å². The third kappa shape index (κ3) is 2.48. The van der Waals surface area contributed by atoms with Gasteiger partial charge in [0.2, 0.25) is 6.41 Å². The van der Waals surface area contributed by atoms with Gasteiger partial charge in [0.25, 0.3) is 0 Å². The van der Waals surface area contributed by atoms with Crippen LogP contribution in [-0.4, -0.2) is 49.4 Å². The van der Waals surface area contributed by atoms with Gasteiger partial charge in [-0.2, -0.15) is 0 Å². The zero-order valence-electron chi connectivity index (χ0n) is 7.99. The highest BCUT2D eigenvalue weighted by atomic mass is 16.1. The van der Waals surface area contributed by atoms with E-state index in [0.717, 1.165) is 25.8 Å². The van der Waals surface area contributed by atoms with E-state index in [1.807, 2.05) is 7.05 Å². The Morgan fingerprint density at radius 1 is 1.42 bits per heavy atom. The summed E-state index contributed by atoms with van der Waals surface area (Å²) >= 11 is 0. The maximum absolute atomic E-state index is 10.5. The summed E-state index contributed by atoms with van der Waals surface area (Å²) < 4.78 is 0. The van der Waals surface area contributed by atoms with Gasteiger partial charge in [0.15, 0.2) is 0 Å². The minimum Gasteiger partial charge on any atom is -0.345 e. The van der Waals surface area contributed by atoms with Crippen molar-refractivity contribution in [3.63, 3.8) is 0 Å². The summed E-state index contributed by atoms with van der Waals surface area (Å²) in [6, 6.07) is 0.465. The van der Waals surface area contributed by atoms with Crippen LogP contribution in [0.1, 0.15) is 19.3 Å². The molecule has 1 atom stereocenters. The molecule has 0 aromatic rings. The molecule has 1 aliphatic rings. The van der Waals surface area contributed by atoms with E-state index >= 15 is 0 Å². The van der Waals surface area contributed by atoms with Crippen LogP contribution < -0.4 is 0 Å². The Bertz CT molecular complexity index is 149. The molecule has 0 radical (unpaired) electrons. The lowest BCUT2D eigenvalue weighted by molar-refractivity contribution is -0.119. The summed E-state index contributed by atoms with van der Waals surface area (Å²) in [5.41, 5.74) is 0. The van der Waals surface area contributed by atoms with Gasteiger partial charge in [0.05, 0.1) is 0 Å². The summed E-state index contributed by atoms with van der Waals surface area (Å²) in [7, 11) is 4.02. The number of nitrogens with zero attached hydrogens (tertiary/aromatic N) is 2. The number of hydrogen-bond acceptors (Lipinski definition) is 2. The predicted molar refractivity (Wildman–Crippen MR) is 49.0 cm³/mol. The minimum absolute atomic E-state index is 0.465. The quantitative estimate of drug-likeness (QED) is 0.565. The molecule has 0 aromatic carbocycles. The van der Waals surface area contributed by atoms with Gasteiger partial charge in [-0.1, -0.05) is 0 Å². The Hall–Kier alpha value is -0.570. The van der Waals surface area contributed by atoms with Gasteiger partial charge in [-0.15, -0.1) is 0 Å². The second-order valence-electron chi connectivity index (χ2n) is 3.66. The van der Waals surface area contributed by atoms with Gasteiger partial charge in [0, 0.05) is 13.1 Å². The first-order valence-electron chi connectivity index (χ1n) is 4.60. The van der Waals surface area contributed by atoms with Crippen molar-refractivity contribution in [3.05, 3.63) is 0 Å². The van der Waals surface area contributed by atoms with Crippen molar-refractivity contribution in [2.24, 2.45) is 0 Å². The standard InChI is InChI=1S/C9H18N2O/c1-10-6-3-4-9(5-7-10)11(2)8-12/h8-9H,3-7H2,1-2H3. The van der Waals surface area contributed by atoms with Crippen molar-refractivity contribution in [1.82, 2.24) is 9.80 Å². The number of carbonyl (C=O) groups excluding carboxylic acids is 1. The highest BCUT2D eigenvalue weighted by Crippen LogP contribution is 2.13. The van der Waals surface area contributed by atoms with Crippen molar-refractivity contribution in [1.29, 1.82) is 0 Å². The van der Waals surface area contributed by atoms with Gasteiger partial charge in [-0.25, -0.2) is 0 Å².